The summed E-state index contributed by atoms with van der Waals surface area (Å²) >= 11 is 0. The van der Waals surface area contributed by atoms with Gasteiger partial charge in [-0.15, -0.1) is 0 Å². The molecule has 1 aliphatic rings. The highest BCUT2D eigenvalue weighted by atomic mass is 16.5. The number of ether oxygens (including phenoxy) is 1. The van der Waals surface area contributed by atoms with Gasteiger partial charge < -0.3 is 15.0 Å². The lowest BCUT2D eigenvalue weighted by atomic mass is 10.2. The molecular formula is C10H13N3O2. The van der Waals surface area contributed by atoms with E-state index < -0.39 is 0 Å². The normalized spacial score (nSPS) is 15.3. The summed E-state index contributed by atoms with van der Waals surface area (Å²) in [6.45, 7) is 1.38. The summed E-state index contributed by atoms with van der Waals surface area (Å²) in [6.07, 6.45) is 0. The number of hydrogen-bond donors (Lipinski definition) is 1. The summed E-state index contributed by atoms with van der Waals surface area (Å²) < 4.78 is 5.04. The molecule has 0 aliphatic carbocycles. The topological polar surface area (TPSA) is 54.5 Å². The minimum absolute atomic E-state index is 0.0792. The van der Waals surface area contributed by atoms with Gasteiger partial charge >= 0.3 is 0 Å². The first-order valence-electron chi connectivity index (χ1n) is 4.76. The van der Waals surface area contributed by atoms with Gasteiger partial charge in [-0.2, -0.15) is 4.98 Å². The summed E-state index contributed by atoms with van der Waals surface area (Å²) in [5.74, 6) is 1.11. The lowest BCUT2D eigenvalue weighted by Gasteiger charge is -2.16. The number of carbonyl (C=O) groups excluding carboxylic acids is 1. The molecule has 0 bridgehead atoms. The van der Waals surface area contributed by atoms with Crippen LogP contribution in [0.2, 0.25) is 0 Å². The van der Waals surface area contributed by atoms with E-state index in [-0.39, 0.29) is 5.91 Å². The van der Waals surface area contributed by atoms with Gasteiger partial charge in [0.1, 0.15) is 5.82 Å². The van der Waals surface area contributed by atoms with Gasteiger partial charge in [0.25, 0.3) is 5.91 Å². The fourth-order valence-corrected chi connectivity index (χ4v) is 1.55. The third kappa shape index (κ3) is 1.72. The number of hydrogen-bond acceptors (Lipinski definition) is 4. The second-order valence-electron chi connectivity index (χ2n) is 3.40. The molecule has 5 heteroatoms. The third-order valence-corrected chi connectivity index (χ3v) is 2.40. The molecule has 0 saturated heterocycles. The molecule has 1 aliphatic heterocycles. The number of carbonyl (C=O) groups is 1. The van der Waals surface area contributed by atoms with Crippen molar-refractivity contribution in [2.45, 2.75) is 0 Å². The Bertz CT molecular complexity index is 392. The van der Waals surface area contributed by atoms with Gasteiger partial charge in [-0.1, -0.05) is 0 Å². The summed E-state index contributed by atoms with van der Waals surface area (Å²) in [5.41, 5.74) is 0.593. The zero-order chi connectivity index (χ0) is 10.8. The first-order valence-corrected chi connectivity index (χ1v) is 4.76. The molecule has 1 N–H and O–H groups in total. The average Bonchev–Trinajstić information content (AvgIpc) is 2.40. The van der Waals surface area contributed by atoms with Crippen LogP contribution in [0.3, 0.4) is 0 Å². The van der Waals surface area contributed by atoms with Gasteiger partial charge in [-0.05, 0) is 6.07 Å². The largest absolute Gasteiger partial charge is 0.481 e. The molecule has 15 heavy (non-hydrogen) atoms. The van der Waals surface area contributed by atoms with Crippen LogP contribution in [0, 0.1) is 0 Å². The van der Waals surface area contributed by atoms with Crippen LogP contribution in [0.15, 0.2) is 12.1 Å². The average molecular weight is 207 g/mol. The maximum Gasteiger partial charge on any atom is 0.255 e. The van der Waals surface area contributed by atoms with Gasteiger partial charge in [0.05, 0.1) is 12.7 Å². The maximum atomic E-state index is 11.6. The van der Waals surface area contributed by atoms with E-state index in [1.807, 2.05) is 11.9 Å². The van der Waals surface area contributed by atoms with Crippen molar-refractivity contribution >= 4 is 11.7 Å². The van der Waals surface area contributed by atoms with E-state index in [0.717, 1.165) is 6.54 Å². The Labute approximate surface area is 88.1 Å². The lowest BCUT2D eigenvalue weighted by molar-refractivity contribution is 0.0957. The summed E-state index contributed by atoms with van der Waals surface area (Å²) in [7, 11) is 3.47. The van der Waals surface area contributed by atoms with Gasteiger partial charge in [0.2, 0.25) is 5.88 Å². The first-order chi connectivity index (χ1) is 7.22. The second-order valence-corrected chi connectivity index (χ2v) is 3.40. The number of nitrogens with zero attached hydrogens (tertiary/aromatic N) is 2. The standard InChI is InChI=1S/C10H13N3O2/c1-13-6-5-11-10(14)7-3-4-8(15-2)12-9(7)13/h3-4H,5-6H2,1-2H3,(H,11,14). The van der Waals surface area contributed by atoms with Gasteiger partial charge in [0.15, 0.2) is 0 Å². The zero-order valence-electron chi connectivity index (χ0n) is 8.78. The molecule has 5 nitrogen and oxygen atoms in total. The SMILES string of the molecule is COc1ccc2c(n1)N(C)CCNC2=O. The highest BCUT2D eigenvalue weighted by molar-refractivity contribution is 5.99. The molecule has 1 aromatic heterocycles. The Morgan fingerprint density at radius 3 is 3.07 bits per heavy atom. The number of fused-ring (bicyclic) bond motifs is 1. The van der Waals surface area contributed by atoms with Crippen molar-refractivity contribution in [2.75, 3.05) is 32.1 Å². The summed E-state index contributed by atoms with van der Waals surface area (Å²) in [5, 5.41) is 2.81. The number of nitrogens with one attached hydrogen (secondary N) is 1. The Morgan fingerprint density at radius 1 is 1.53 bits per heavy atom. The Kier molecular flexibility index (Phi) is 2.45. The summed E-state index contributed by atoms with van der Waals surface area (Å²) in [4.78, 5) is 17.8. The van der Waals surface area contributed by atoms with Crippen LogP contribution in [0.4, 0.5) is 5.82 Å². The monoisotopic (exact) mass is 207 g/mol. The molecule has 80 valence electrons. The first kappa shape index (κ1) is 9.76. The highest BCUT2D eigenvalue weighted by Crippen LogP contribution is 2.21. The lowest BCUT2D eigenvalue weighted by Crippen LogP contribution is -2.27. The van der Waals surface area contributed by atoms with Gasteiger partial charge in [-0.3, -0.25) is 4.79 Å². The van der Waals surface area contributed by atoms with E-state index >= 15 is 0 Å². The molecule has 1 aromatic rings. The van der Waals surface area contributed by atoms with Crippen LogP contribution in [-0.4, -0.2) is 38.1 Å². The number of anilines is 1. The fourth-order valence-electron chi connectivity index (χ4n) is 1.55. The highest BCUT2D eigenvalue weighted by Gasteiger charge is 2.19. The smallest absolute Gasteiger partial charge is 0.255 e. The number of amides is 1. The third-order valence-electron chi connectivity index (χ3n) is 2.40. The molecule has 0 atom stereocenters. The van der Waals surface area contributed by atoms with Crippen LogP contribution in [0.5, 0.6) is 5.88 Å². The molecule has 0 radical (unpaired) electrons. The van der Waals surface area contributed by atoms with E-state index in [2.05, 4.69) is 10.3 Å². The number of rotatable bonds is 1. The van der Waals surface area contributed by atoms with E-state index in [0.29, 0.717) is 23.8 Å². The van der Waals surface area contributed by atoms with Crippen molar-refractivity contribution in [1.82, 2.24) is 10.3 Å². The fraction of sp³-hybridized carbons (Fsp3) is 0.400. The molecule has 2 rings (SSSR count). The molecule has 0 unspecified atom stereocenters. The van der Waals surface area contributed by atoms with E-state index in [4.69, 9.17) is 4.74 Å². The molecule has 0 saturated carbocycles. The number of aromatic nitrogens is 1. The Hall–Kier alpha value is -1.78. The van der Waals surface area contributed by atoms with Crippen LogP contribution in [0.25, 0.3) is 0 Å². The Morgan fingerprint density at radius 2 is 2.33 bits per heavy atom. The molecule has 1 amide bonds. The molecule has 0 aromatic carbocycles. The van der Waals surface area contributed by atoms with Crippen LogP contribution in [-0.2, 0) is 0 Å². The quantitative estimate of drug-likeness (QED) is 0.718. The minimum Gasteiger partial charge on any atom is -0.481 e. The van der Waals surface area contributed by atoms with Crippen molar-refractivity contribution in [3.63, 3.8) is 0 Å². The maximum absolute atomic E-state index is 11.6. The molecule has 2 heterocycles. The van der Waals surface area contributed by atoms with Crippen LogP contribution >= 0.6 is 0 Å². The summed E-state index contributed by atoms with van der Waals surface area (Å²) in [6, 6.07) is 3.43. The van der Waals surface area contributed by atoms with Crippen molar-refractivity contribution in [1.29, 1.82) is 0 Å². The minimum atomic E-state index is -0.0792. The van der Waals surface area contributed by atoms with Crippen molar-refractivity contribution in [3.8, 4) is 5.88 Å². The van der Waals surface area contributed by atoms with E-state index in [1.165, 1.54) is 0 Å². The van der Waals surface area contributed by atoms with E-state index in [1.54, 1.807) is 19.2 Å². The number of likely N-dealkylation sites (N-methyl/N-ethyl adjacent to an activating group) is 1. The predicted octanol–water partition coefficient (Wildman–Crippen LogP) is 0.270. The second kappa shape index (κ2) is 3.76. The molecule has 0 spiro atoms. The zero-order valence-corrected chi connectivity index (χ0v) is 8.78. The predicted molar refractivity (Wildman–Crippen MR) is 56.4 cm³/mol. The Balaban J connectivity index is 2.50. The van der Waals surface area contributed by atoms with E-state index in [9.17, 15) is 4.79 Å². The van der Waals surface area contributed by atoms with Crippen molar-refractivity contribution in [2.24, 2.45) is 0 Å². The number of pyridine rings is 1. The van der Waals surface area contributed by atoms with Crippen LogP contribution in [0.1, 0.15) is 10.4 Å². The van der Waals surface area contributed by atoms with Gasteiger partial charge in [-0.25, -0.2) is 0 Å². The number of methoxy groups -OCH3 is 1. The van der Waals surface area contributed by atoms with Crippen molar-refractivity contribution < 1.29 is 9.53 Å². The molecular weight excluding hydrogens is 194 g/mol. The van der Waals surface area contributed by atoms with Gasteiger partial charge in [0, 0.05) is 26.2 Å². The van der Waals surface area contributed by atoms with Crippen molar-refractivity contribution in [3.05, 3.63) is 17.7 Å². The van der Waals surface area contributed by atoms with Crippen LogP contribution < -0.4 is 15.0 Å². The molecule has 0 fully saturated rings.